The monoisotopic (exact) mass is 446 g/mol. The fourth-order valence-corrected chi connectivity index (χ4v) is 4.29. The maximum absolute atomic E-state index is 13.0. The van der Waals surface area contributed by atoms with Crippen LogP contribution in [-0.4, -0.2) is 64.2 Å². The van der Waals surface area contributed by atoms with Crippen LogP contribution in [0.2, 0.25) is 0 Å². The number of carbonyl (C=O) groups excluding carboxylic acids is 2. The average Bonchev–Trinajstić information content (AvgIpc) is 3.14. The number of nitrogens with zero attached hydrogens (tertiary/aromatic N) is 4. The van der Waals surface area contributed by atoms with Crippen molar-refractivity contribution in [1.29, 1.82) is 0 Å². The molecular formula is C23H25F3N4O2. The van der Waals surface area contributed by atoms with E-state index in [0.29, 0.717) is 18.7 Å². The second-order valence-corrected chi connectivity index (χ2v) is 8.34. The van der Waals surface area contributed by atoms with Crippen molar-refractivity contribution in [2.24, 2.45) is 5.92 Å². The Bertz CT molecular complexity index is 959. The van der Waals surface area contributed by atoms with Crippen molar-refractivity contribution < 1.29 is 22.8 Å². The predicted molar refractivity (Wildman–Crippen MR) is 111 cm³/mol. The van der Waals surface area contributed by atoms with E-state index in [1.54, 1.807) is 17.2 Å². The van der Waals surface area contributed by atoms with E-state index in [0.717, 1.165) is 37.3 Å². The lowest BCUT2D eigenvalue weighted by atomic mass is 10.1. The number of hydrogen-bond acceptors (Lipinski definition) is 4. The molecule has 1 aromatic carbocycles. The number of likely N-dealkylation sites (tertiary alicyclic amines) is 1. The number of halogens is 3. The van der Waals surface area contributed by atoms with Crippen LogP contribution in [0.15, 0.2) is 48.8 Å². The first kappa shape index (κ1) is 22.3. The van der Waals surface area contributed by atoms with Gasteiger partial charge in [-0.1, -0.05) is 18.2 Å². The standard InChI is InChI=1S/C23H25F3N4O2/c24-23(25,26)20-5-1-3-17(11-20)15-30-16-19(12-21(30)31)22(32)29-9-7-28(8-10-29)14-18-4-2-6-27-13-18/h1-6,11,13,19H,7-10,12,14-16H2. The van der Waals surface area contributed by atoms with Crippen molar-refractivity contribution in [3.8, 4) is 0 Å². The van der Waals surface area contributed by atoms with Crippen molar-refractivity contribution in [1.82, 2.24) is 19.7 Å². The van der Waals surface area contributed by atoms with Gasteiger partial charge in [0.2, 0.25) is 11.8 Å². The molecule has 1 aromatic heterocycles. The average molecular weight is 446 g/mol. The molecule has 2 aliphatic rings. The van der Waals surface area contributed by atoms with Crippen molar-refractivity contribution >= 4 is 11.8 Å². The Labute approximate surface area is 184 Å². The summed E-state index contributed by atoms with van der Waals surface area (Å²) < 4.78 is 38.8. The summed E-state index contributed by atoms with van der Waals surface area (Å²) in [7, 11) is 0. The van der Waals surface area contributed by atoms with Crippen molar-refractivity contribution in [3.05, 3.63) is 65.5 Å². The third-order valence-corrected chi connectivity index (χ3v) is 6.00. The van der Waals surface area contributed by atoms with Gasteiger partial charge in [0, 0.05) is 64.6 Å². The van der Waals surface area contributed by atoms with E-state index >= 15 is 0 Å². The first-order valence-corrected chi connectivity index (χ1v) is 10.6. The number of amides is 2. The van der Waals surface area contributed by atoms with E-state index < -0.39 is 17.7 Å². The van der Waals surface area contributed by atoms with Crippen LogP contribution >= 0.6 is 0 Å². The number of aromatic nitrogens is 1. The van der Waals surface area contributed by atoms with Gasteiger partial charge in [0.15, 0.2) is 0 Å². The van der Waals surface area contributed by atoms with E-state index in [1.165, 1.54) is 11.0 Å². The first-order valence-electron chi connectivity index (χ1n) is 10.6. The summed E-state index contributed by atoms with van der Waals surface area (Å²) in [5, 5.41) is 0. The van der Waals surface area contributed by atoms with E-state index in [-0.39, 0.29) is 31.3 Å². The lowest BCUT2D eigenvalue weighted by Gasteiger charge is -2.35. The van der Waals surface area contributed by atoms with E-state index in [9.17, 15) is 22.8 Å². The highest BCUT2D eigenvalue weighted by molar-refractivity contribution is 5.89. The van der Waals surface area contributed by atoms with Gasteiger partial charge in [0.25, 0.3) is 0 Å². The molecule has 170 valence electrons. The lowest BCUT2D eigenvalue weighted by molar-refractivity contribution is -0.138. The summed E-state index contributed by atoms with van der Waals surface area (Å²) in [6, 6.07) is 8.90. The third kappa shape index (κ3) is 5.27. The molecule has 0 radical (unpaired) electrons. The Kier molecular flexibility index (Phi) is 6.45. The van der Waals surface area contributed by atoms with Gasteiger partial charge in [-0.05, 0) is 29.3 Å². The van der Waals surface area contributed by atoms with Crippen LogP contribution in [0.3, 0.4) is 0 Å². The van der Waals surface area contributed by atoms with Gasteiger partial charge >= 0.3 is 6.18 Å². The molecule has 0 bridgehead atoms. The Morgan fingerprint density at radius 3 is 2.47 bits per heavy atom. The van der Waals surface area contributed by atoms with Gasteiger partial charge in [0.05, 0.1) is 11.5 Å². The molecule has 1 atom stereocenters. The van der Waals surface area contributed by atoms with Crippen LogP contribution < -0.4 is 0 Å². The van der Waals surface area contributed by atoms with Crippen LogP contribution in [0.4, 0.5) is 13.2 Å². The Balaban J connectivity index is 1.30. The molecule has 2 aromatic rings. The summed E-state index contributed by atoms with van der Waals surface area (Å²) in [6.07, 6.45) is -0.754. The highest BCUT2D eigenvalue weighted by Crippen LogP contribution is 2.30. The number of hydrogen-bond donors (Lipinski definition) is 0. The zero-order chi connectivity index (χ0) is 22.7. The largest absolute Gasteiger partial charge is 0.416 e. The summed E-state index contributed by atoms with van der Waals surface area (Å²) in [4.78, 5) is 35.1. The summed E-state index contributed by atoms with van der Waals surface area (Å²) in [5.74, 6) is -0.694. The molecule has 3 heterocycles. The molecule has 1 unspecified atom stereocenters. The maximum atomic E-state index is 13.0. The van der Waals surface area contributed by atoms with Crippen molar-refractivity contribution in [2.45, 2.75) is 25.7 Å². The van der Waals surface area contributed by atoms with E-state index in [1.807, 2.05) is 18.3 Å². The molecule has 2 aliphatic heterocycles. The highest BCUT2D eigenvalue weighted by atomic mass is 19.4. The molecule has 2 amide bonds. The third-order valence-electron chi connectivity index (χ3n) is 6.00. The lowest BCUT2D eigenvalue weighted by Crippen LogP contribution is -2.50. The second-order valence-electron chi connectivity index (χ2n) is 8.34. The molecule has 0 saturated carbocycles. The zero-order valence-electron chi connectivity index (χ0n) is 17.6. The number of pyridine rings is 1. The Morgan fingerprint density at radius 1 is 1.03 bits per heavy atom. The normalized spacial score (nSPS) is 20.1. The number of rotatable bonds is 5. The van der Waals surface area contributed by atoms with Gasteiger partial charge in [-0.2, -0.15) is 13.2 Å². The minimum Gasteiger partial charge on any atom is -0.340 e. The molecule has 4 rings (SSSR count). The van der Waals surface area contributed by atoms with Gasteiger partial charge in [0.1, 0.15) is 0 Å². The minimum absolute atomic E-state index is 0.0501. The molecule has 2 fully saturated rings. The molecule has 6 nitrogen and oxygen atoms in total. The molecule has 2 saturated heterocycles. The molecular weight excluding hydrogens is 421 g/mol. The summed E-state index contributed by atoms with van der Waals surface area (Å²) in [5.41, 5.74) is 0.794. The highest BCUT2D eigenvalue weighted by Gasteiger charge is 2.37. The molecule has 0 aliphatic carbocycles. The smallest absolute Gasteiger partial charge is 0.340 e. The zero-order valence-corrected chi connectivity index (χ0v) is 17.6. The number of alkyl halides is 3. The number of carbonyl (C=O) groups is 2. The number of benzene rings is 1. The maximum Gasteiger partial charge on any atom is 0.416 e. The Hall–Kier alpha value is -2.94. The van der Waals surface area contributed by atoms with Crippen LogP contribution in [0.25, 0.3) is 0 Å². The molecule has 9 heteroatoms. The van der Waals surface area contributed by atoms with Crippen LogP contribution in [0, 0.1) is 5.92 Å². The van der Waals surface area contributed by atoms with E-state index in [2.05, 4.69) is 9.88 Å². The van der Waals surface area contributed by atoms with Crippen molar-refractivity contribution in [2.75, 3.05) is 32.7 Å². The predicted octanol–water partition coefficient (Wildman–Crippen LogP) is 2.79. The molecule has 32 heavy (non-hydrogen) atoms. The van der Waals surface area contributed by atoms with Crippen LogP contribution in [0.1, 0.15) is 23.1 Å². The molecule has 0 N–H and O–H groups in total. The van der Waals surface area contributed by atoms with Crippen LogP contribution in [0.5, 0.6) is 0 Å². The number of piperazine rings is 1. The van der Waals surface area contributed by atoms with Gasteiger partial charge in [-0.25, -0.2) is 0 Å². The van der Waals surface area contributed by atoms with Gasteiger partial charge in [-0.15, -0.1) is 0 Å². The summed E-state index contributed by atoms with van der Waals surface area (Å²) in [6.45, 7) is 3.77. The fourth-order valence-electron chi connectivity index (χ4n) is 4.29. The van der Waals surface area contributed by atoms with Crippen molar-refractivity contribution in [3.63, 3.8) is 0 Å². The topological polar surface area (TPSA) is 56.8 Å². The molecule has 0 spiro atoms. The first-order chi connectivity index (χ1) is 15.3. The fraction of sp³-hybridized carbons (Fsp3) is 0.435. The van der Waals surface area contributed by atoms with Gasteiger partial charge in [-0.3, -0.25) is 19.5 Å². The Morgan fingerprint density at radius 2 is 1.78 bits per heavy atom. The SMILES string of the molecule is O=C1CC(C(=O)N2CCN(Cc3cccnc3)CC2)CN1Cc1cccc(C(F)(F)F)c1. The minimum atomic E-state index is -4.43. The van der Waals surface area contributed by atoms with E-state index in [4.69, 9.17) is 0 Å². The summed E-state index contributed by atoms with van der Waals surface area (Å²) >= 11 is 0. The van der Waals surface area contributed by atoms with Gasteiger partial charge < -0.3 is 9.80 Å². The quantitative estimate of drug-likeness (QED) is 0.709. The van der Waals surface area contributed by atoms with Crippen LogP contribution in [-0.2, 0) is 28.9 Å². The second kappa shape index (κ2) is 9.28.